The predicted octanol–water partition coefficient (Wildman–Crippen LogP) is 3.28. The van der Waals surface area contributed by atoms with E-state index in [1.165, 1.54) is 0 Å². The van der Waals surface area contributed by atoms with E-state index in [0.29, 0.717) is 24.2 Å². The maximum absolute atomic E-state index is 13.8. The van der Waals surface area contributed by atoms with Gasteiger partial charge in [-0.2, -0.15) is 0 Å². The average Bonchev–Trinajstić information content (AvgIpc) is 3.62. The number of hydrogen-bond donors (Lipinski definition) is 1. The Kier molecular flexibility index (Phi) is 6.57. The molecule has 1 aromatic carbocycles. The molecule has 3 aromatic rings. The summed E-state index contributed by atoms with van der Waals surface area (Å²) in [6.07, 6.45) is 1.86. The second kappa shape index (κ2) is 9.57. The van der Waals surface area contributed by atoms with Crippen molar-refractivity contribution in [1.82, 2.24) is 24.9 Å². The molecule has 5 rings (SSSR count). The molecule has 2 aromatic heterocycles. The summed E-state index contributed by atoms with van der Waals surface area (Å²) in [7, 11) is 1.77. The second-order valence-electron chi connectivity index (χ2n) is 10.7. The van der Waals surface area contributed by atoms with Gasteiger partial charge in [-0.1, -0.05) is 43.3 Å². The van der Waals surface area contributed by atoms with Crippen LogP contribution in [0, 0.1) is 12.8 Å². The highest BCUT2D eigenvalue weighted by molar-refractivity contribution is 7.13. The van der Waals surface area contributed by atoms with Crippen LogP contribution in [0.1, 0.15) is 56.5 Å². The number of aromatic nitrogens is 4. The van der Waals surface area contributed by atoms with Gasteiger partial charge in [0.25, 0.3) is 5.91 Å². The summed E-state index contributed by atoms with van der Waals surface area (Å²) in [6.45, 7) is 8.05. The Bertz CT molecular complexity index is 1360. The number of β-amino-alcohol motifs (C(OH)–C–C–N with tert-alkyl or cyclic N) is 1. The van der Waals surface area contributed by atoms with Crippen molar-refractivity contribution in [3.8, 4) is 10.4 Å². The fourth-order valence-electron chi connectivity index (χ4n) is 5.53. The Labute approximate surface area is 220 Å². The van der Waals surface area contributed by atoms with Gasteiger partial charge in [0.05, 0.1) is 45.3 Å². The van der Waals surface area contributed by atoms with Crippen LogP contribution < -0.4 is 0 Å². The Hall–Kier alpha value is -3.24. The summed E-state index contributed by atoms with van der Waals surface area (Å²) in [5.41, 5.74) is 5.21. The molecule has 10 heteroatoms. The molecule has 2 amide bonds. The highest BCUT2D eigenvalue weighted by Gasteiger charge is 2.48. The maximum atomic E-state index is 13.8. The van der Waals surface area contributed by atoms with Crippen LogP contribution in [0.5, 0.6) is 0 Å². The van der Waals surface area contributed by atoms with Crippen LogP contribution in [-0.4, -0.2) is 66.2 Å². The summed E-state index contributed by atoms with van der Waals surface area (Å²) in [5.74, 6) is -0.841. The van der Waals surface area contributed by atoms with Gasteiger partial charge in [-0.05, 0) is 30.9 Å². The van der Waals surface area contributed by atoms with Crippen molar-refractivity contribution in [2.75, 3.05) is 6.54 Å². The third-order valence-corrected chi connectivity index (χ3v) is 8.58. The molecule has 194 valence electrons. The lowest BCUT2D eigenvalue weighted by atomic mass is 9.78. The average molecular weight is 521 g/mol. The Balaban J connectivity index is 1.39. The van der Waals surface area contributed by atoms with Gasteiger partial charge in [0, 0.05) is 38.3 Å². The summed E-state index contributed by atoms with van der Waals surface area (Å²) < 4.78 is 1.58. The van der Waals surface area contributed by atoms with E-state index in [1.54, 1.807) is 34.2 Å². The first-order valence-corrected chi connectivity index (χ1v) is 13.4. The number of aliphatic hydroxyl groups excluding tert-OH is 1. The number of carbonyl (C=O) groups is 2. The first-order valence-electron chi connectivity index (χ1n) is 12.6. The molecule has 0 radical (unpaired) electrons. The molecule has 1 N–H and O–H groups in total. The minimum absolute atomic E-state index is 0.0132. The van der Waals surface area contributed by atoms with Crippen LogP contribution in [0.4, 0.5) is 0 Å². The quantitative estimate of drug-likeness (QED) is 0.534. The molecule has 9 nitrogen and oxygen atoms in total. The number of aliphatic imine (C=N–C) groups is 1. The van der Waals surface area contributed by atoms with E-state index >= 15 is 0 Å². The summed E-state index contributed by atoms with van der Waals surface area (Å²) in [6, 6.07) is 7.59. The van der Waals surface area contributed by atoms with Crippen LogP contribution in [0.15, 0.2) is 41.0 Å². The molecule has 0 spiro atoms. The fraction of sp³-hybridized carbons (Fsp3) is 0.481. The van der Waals surface area contributed by atoms with Gasteiger partial charge >= 0.3 is 0 Å². The summed E-state index contributed by atoms with van der Waals surface area (Å²) in [5, 5.41) is 18.8. The van der Waals surface area contributed by atoms with Crippen LogP contribution in [-0.2, 0) is 22.1 Å². The summed E-state index contributed by atoms with van der Waals surface area (Å²) >= 11 is 1.59. The largest absolute Gasteiger partial charge is 0.391 e. The van der Waals surface area contributed by atoms with Crippen LogP contribution in [0.2, 0.25) is 0 Å². The van der Waals surface area contributed by atoms with Crippen molar-refractivity contribution < 1.29 is 14.7 Å². The molecule has 0 bridgehead atoms. The fourth-order valence-corrected chi connectivity index (χ4v) is 6.34. The smallest absolute Gasteiger partial charge is 0.256 e. The molecule has 2 aliphatic heterocycles. The van der Waals surface area contributed by atoms with Crippen molar-refractivity contribution in [3.63, 3.8) is 0 Å². The number of benzene rings is 1. The van der Waals surface area contributed by atoms with Gasteiger partial charge in [0.15, 0.2) is 0 Å². The Morgan fingerprint density at radius 1 is 1.24 bits per heavy atom. The monoisotopic (exact) mass is 520 g/mol. The van der Waals surface area contributed by atoms with Crippen LogP contribution in [0.25, 0.3) is 10.4 Å². The van der Waals surface area contributed by atoms with E-state index in [1.807, 2.05) is 57.5 Å². The number of amides is 2. The number of nitrogens with zero attached hydrogens (tertiary/aromatic N) is 6. The van der Waals surface area contributed by atoms with Gasteiger partial charge in [-0.15, -0.1) is 16.4 Å². The van der Waals surface area contributed by atoms with Gasteiger partial charge < -0.3 is 10.0 Å². The van der Waals surface area contributed by atoms with E-state index in [2.05, 4.69) is 20.3 Å². The molecule has 4 heterocycles. The number of hydrogen-bond acceptors (Lipinski definition) is 7. The normalized spacial score (nSPS) is 24.7. The molecule has 0 saturated carbocycles. The first kappa shape index (κ1) is 25.4. The molecule has 0 aliphatic carbocycles. The number of rotatable bonds is 6. The highest BCUT2D eigenvalue weighted by Crippen LogP contribution is 2.39. The second-order valence-corrected chi connectivity index (χ2v) is 11.6. The van der Waals surface area contributed by atoms with E-state index in [9.17, 15) is 14.7 Å². The molecule has 1 fully saturated rings. The van der Waals surface area contributed by atoms with Crippen LogP contribution >= 0.6 is 11.3 Å². The number of aliphatic hydroxyl groups is 1. The highest BCUT2D eigenvalue weighted by atomic mass is 32.1. The van der Waals surface area contributed by atoms with E-state index in [-0.39, 0.29) is 24.3 Å². The summed E-state index contributed by atoms with van der Waals surface area (Å²) in [4.78, 5) is 38.7. The number of thiazole rings is 1. The third kappa shape index (κ3) is 4.53. The topological polar surface area (TPSA) is 114 Å². The molecule has 37 heavy (non-hydrogen) atoms. The number of likely N-dealkylation sites (tertiary alicyclic amines) is 1. The zero-order valence-electron chi connectivity index (χ0n) is 21.8. The Morgan fingerprint density at radius 3 is 2.57 bits per heavy atom. The van der Waals surface area contributed by atoms with Gasteiger partial charge in [-0.3, -0.25) is 14.3 Å². The molecule has 1 saturated heterocycles. The minimum atomic E-state index is -0.818. The Morgan fingerprint density at radius 2 is 1.97 bits per heavy atom. The standard InChI is InChI=1S/C27H32N6O3S/c1-15(2)23(21-13-32(5)31-30-21)25(35)33-12-19(34)10-22(33)20-11-27(4,26(36)29-20)18-8-6-17(7-9-18)24-16(3)28-14-37-24/h6-9,13-15,19,22-23,34H,10-12H2,1-5H3/t19?,22?,23?,27-/m0/s1. The van der Waals surface area contributed by atoms with E-state index in [0.717, 1.165) is 21.7 Å². The van der Waals surface area contributed by atoms with Crippen molar-refractivity contribution in [2.45, 2.75) is 64.0 Å². The molecular formula is C27H32N6O3S. The number of aryl methyl sites for hydroxylation is 2. The van der Waals surface area contributed by atoms with E-state index in [4.69, 9.17) is 0 Å². The van der Waals surface area contributed by atoms with Crippen molar-refractivity contribution in [2.24, 2.45) is 18.0 Å². The molecule has 3 unspecified atom stereocenters. The van der Waals surface area contributed by atoms with Gasteiger partial charge in [0.1, 0.15) is 0 Å². The zero-order chi connectivity index (χ0) is 26.5. The van der Waals surface area contributed by atoms with Crippen molar-refractivity contribution >= 4 is 28.9 Å². The third-order valence-electron chi connectivity index (χ3n) is 7.60. The minimum Gasteiger partial charge on any atom is -0.391 e. The van der Waals surface area contributed by atoms with E-state index < -0.39 is 23.5 Å². The zero-order valence-corrected chi connectivity index (χ0v) is 22.6. The predicted molar refractivity (Wildman–Crippen MR) is 141 cm³/mol. The molecule has 4 atom stereocenters. The van der Waals surface area contributed by atoms with Gasteiger partial charge in [0.2, 0.25) is 5.91 Å². The van der Waals surface area contributed by atoms with Crippen molar-refractivity contribution in [3.05, 3.63) is 52.9 Å². The molecule has 2 aliphatic rings. The van der Waals surface area contributed by atoms with Crippen molar-refractivity contribution in [1.29, 1.82) is 0 Å². The van der Waals surface area contributed by atoms with Crippen LogP contribution in [0.3, 0.4) is 0 Å². The SMILES string of the molecule is Cc1ncsc1-c1ccc([C@]2(C)CC(C3CC(O)CN3C(=O)C(c3cn(C)nn3)C(C)C)=NC2=O)cc1. The molecular weight excluding hydrogens is 488 g/mol. The number of carbonyl (C=O) groups excluding carboxylic acids is 2. The lowest BCUT2D eigenvalue weighted by Crippen LogP contribution is -2.44. The first-order chi connectivity index (χ1) is 17.6. The lowest BCUT2D eigenvalue weighted by molar-refractivity contribution is -0.134. The lowest BCUT2D eigenvalue weighted by Gasteiger charge is -2.30. The maximum Gasteiger partial charge on any atom is 0.256 e. The van der Waals surface area contributed by atoms with Gasteiger partial charge in [-0.25, -0.2) is 9.98 Å².